The third-order valence-electron chi connectivity index (χ3n) is 7.35. The van der Waals surface area contributed by atoms with Gasteiger partial charge in [-0.25, -0.2) is 0 Å². The van der Waals surface area contributed by atoms with Crippen LogP contribution in [0, 0.1) is 5.92 Å². The number of hydrogen-bond acceptors (Lipinski definition) is 5. The van der Waals surface area contributed by atoms with Gasteiger partial charge in [0.1, 0.15) is 5.75 Å². The van der Waals surface area contributed by atoms with Crippen LogP contribution in [0.5, 0.6) is 5.75 Å². The third-order valence-corrected chi connectivity index (χ3v) is 7.35. The quantitative estimate of drug-likeness (QED) is 0.284. The molecule has 0 aliphatic heterocycles. The highest BCUT2D eigenvalue weighted by molar-refractivity contribution is 5.87. The summed E-state index contributed by atoms with van der Waals surface area (Å²) in [6.07, 6.45) is 6.57. The van der Waals surface area contributed by atoms with Gasteiger partial charge in [-0.05, 0) is 67.9 Å². The number of H-pyrrole nitrogens is 1. The number of aliphatic hydroxyl groups is 1. The van der Waals surface area contributed by atoms with E-state index in [2.05, 4.69) is 41.6 Å². The maximum Gasteiger partial charge on any atom is 0.248 e. The van der Waals surface area contributed by atoms with Crippen molar-refractivity contribution in [3.63, 3.8) is 0 Å². The van der Waals surface area contributed by atoms with E-state index in [1.54, 1.807) is 12.1 Å². The second-order valence-corrected chi connectivity index (χ2v) is 11.0. The maximum absolute atomic E-state index is 12.5. The topological polar surface area (TPSA) is 114 Å². The first-order valence-electron chi connectivity index (χ1n) is 13.3. The van der Waals surface area contributed by atoms with Gasteiger partial charge in [-0.15, -0.1) is 0 Å². The van der Waals surface area contributed by atoms with Gasteiger partial charge in [0.15, 0.2) is 0 Å². The lowest BCUT2D eigenvalue weighted by Crippen LogP contribution is -2.43. The molecule has 1 aliphatic rings. The Balaban J connectivity index is 1.33. The van der Waals surface area contributed by atoms with Crippen molar-refractivity contribution in [3.8, 4) is 5.75 Å². The van der Waals surface area contributed by atoms with Gasteiger partial charge in [0, 0.05) is 30.1 Å². The van der Waals surface area contributed by atoms with E-state index in [0.717, 1.165) is 24.1 Å². The van der Waals surface area contributed by atoms with Crippen molar-refractivity contribution in [2.24, 2.45) is 5.92 Å². The molecule has 4 rings (SSSR count). The number of benzene rings is 2. The lowest BCUT2D eigenvalue weighted by Gasteiger charge is -2.28. The van der Waals surface area contributed by atoms with Crippen LogP contribution in [0.4, 0.5) is 0 Å². The Bertz CT molecular complexity index is 1280. The summed E-state index contributed by atoms with van der Waals surface area (Å²) < 4.78 is 0. The highest BCUT2D eigenvalue weighted by atomic mass is 16.3. The van der Waals surface area contributed by atoms with Gasteiger partial charge >= 0.3 is 0 Å². The second-order valence-electron chi connectivity index (χ2n) is 11.0. The highest BCUT2D eigenvalue weighted by Crippen LogP contribution is 2.29. The first-order valence-corrected chi connectivity index (χ1v) is 13.3. The Kier molecular flexibility index (Phi) is 8.67. The molecular formula is C30H39N3O4. The molecule has 1 amide bonds. The normalized spacial score (nSPS) is 15.5. The smallest absolute Gasteiger partial charge is 0.248 e. The van der Waals surface area contributed by atoms with E-state index in [9.17, 15) is 19.8 Å². The summed E-state index contributed by atoms with van der Waals surface area (Å²) in [6.45, 7) is 5.24. The fraction of sp³-hybridized carbons (Fsp3) is 0.467. The molecule has 7 nitrogen and oxygen atoms in total. The third kappa shape index (κ3) is 7.43. The number of carbonyl (C=O) groups is 1. The average molecular weight is 506 g/mol. The minimum Gasteiger partial charge on any atom is -0.506 e. The molecule has 5 N–H and O–H groups in total. The van der Waals surface area contributed by atoms with Gasteiger partial charge in [0.2, 0.25) is 11.5 Å². The van der Waals surface area contributed by atoms with Crippen molar-refractivity contribution in [2.75, 3.05) is 13.1 Å². The van der Waals surface area contributed by atoms with E-state index < -0.39 is 6.10 Å². The summed E-state index contributed by atoms with van der Waals surface area (Å²) in [5, 5.41) is 28.2. The van der Waals surface area contributed by atoms with E-state index in [1.807, 2.05) is 12.1 Å². The molecule has 1 fully saturated rings. The molecule has 0 spiro atoms. The minimum atomic E-state index is -0.826. The van der Waals surface area contributed by atoms with Gasteiger partial charge in [-0.1, -0.05) is 49.6 Å². The average Bonchev–Trinajstić information content (AvgIpc) is 2.87. The Morgan fingerprint density at radius 1 is 1.08 bits per heavy atom. The molecule has 3 aromatic rings. The van der Waals surface area contributed by atoms with Crippen LogP contribution in [0.1, 0.15) is 68.7 Å². The number of aromatic nitrogens is 1. The molecule has 1 aliphatic carbocycles. The van der Waals surface area contributed by atoms with Gasteiger partial charge in [0.05, 0.1) is 18.0 Å². The molecule has 198 valence electrons. The Labute approximate surface area is 218 Å². The first-order chi connectivity index (χ1) is 17.7. The van der Waals surface area contributed by atoms with E-state index in [4.69, 9.17) is 0 Å². The lowest BCUT2D eigenvalue weighted by molar-refractivity contribution is -0.120. The molecule has 37 heavy (non-hydrogen) atoms. The van der Waals surface area contributed by atoms with Crippen LogP contribution in [0.3, 0.4) is 0 Å². The number of β-amino-alcohol motifs (C(OH)–C–C–N with tert-alkyl or cyclic N) is 1. The Hall–Kier alpha value is -3.16. The molecule has 0 bridgehead atoms. The largest absolute Gasteiger partial charge is 0.506 e. The number of nitrogens with one attached hydrogen (secondary N) is 3. The zero-order valence-electron chi connectivity index (χ0n) is 21.8. The molecule has 0 radical (unpaired) electrons. The van der Waals surface area contributed by atoms with E-state index in [-0.39, 0.29) is 22.8 Å². The molecule has 0 saturated heterocycles. The van der Waals surface area contributed by atoms with Gasteiger partial charge in [0.25, 0.3) is 0 Å². The Morgan fingerprint density at radius 2 is 1.84 bits per heavy atom. The molecular weight excluding hydrogens is 466 g/mol. The second kappa shape index (κ2) is 11.9. The van der Waals surface area contributed by atoms with Gasteiger partial charge in [-0.3, -0.25) is 9.59 Å². The predicted octanol–water partition coefficient (Wildman–Crippen LogP) is 4.12. The zero-order chi connectivity index (χ0) is 26.4. The van der Waals surface area contributed by atoms with Crippen molar-refractivity contribution < 1.29 is 15.0 Å². The number of hydrogen-bond donors (Lipinski definition) is 5. The van der Waals surface area contributed by atoms with Crippen molar-refractivity contribution in [2.45, 2.75) is 70.4 Å². The SMILES string of the molecule is CC(C)(Cc1cccc(CC(=O)NCC2CCCCC2)c1)NC[C@H](O)c1ccc(O)c2[nH]c(=O)ccc12. The van der Waals surface area contributed by atoms with Crippen LogP contribution in [-0.2, 0) is 17.6 Å². The van der Waals surface area contributed by atoms with Crippen LogP contribution in [0.25, 0.3) is 10.9 Å². The lowest BCUT2D eigenvalue weighted by atomic mass is 9.89. The molecule has 1 heterocycles. The number of carbonyl (C=O) groups excluding carboxylic acids is 1. The van der Waals surface area contributed by atoms with Crippen molar-refractivity contribution in [3.05, 3.63) is 75.6 Å². The number of aromatic amines is 1. The number of phenolic OH excluding ortho intramolecular Hbond substituents is 1. The number of aromatic hydroxyl groups is 1. The first kappa shape index (κ1) is 26.9. The summed E-state index contributed by atoms with van der Waals surface area (Å²) >= 11 is 0. The standard InChI is InChI=1S/C30H39N3O4/c1-30(2,32-19-26(35)23-11-13-25(34)29-24(23)12-14-27(36)33-29)17-22-10-6-9-21(15-22)16-28(37)31-18-20-7-4-3-5-8-20/h6,9-15,20,26,32,34-35H,3-5,7-8,16-19H2,1-2H3,(H,31,37)(H,33,36)/t26-/m0/s1. The molecule has 1 aromatic heterocycles. The van der Waals surface area contributed by atoms with E-state index >= 15 is 0 Å². The van der Waals surface area contributed by atoms with Crippen molar-refractivity contribution >= 4 is 16.8 Å². The fourth-order valence-corrected chi connectivity index (χ4v) is 5.35. The molecule has 2 aromatic carbocycles. The number of fused-ring (bicyclic) bond motifs is 1. The summed E-state index contributed by atoms with van der Waals surface area (Å²) in [5.74, 6) is 0.665. The number of pyridine rings is 1. The summed E-state index contributed by atoms with van der Waals surface area (Å²) in [6, 6.07) is 14.3. The molecule has 0 unspecified atom stereocenters. The molecule has 1 saturated carbocycles. The van der Waals surface area contributed by atoms with Crippen molar-refractivity contribution in [1.29, 1.82) is 0 Å². The number of aliphatic hydroxyl groups excluding tert-OH is 1. The zero-order valence-corrected chi connectivity index (χ0v) is 21.8. The van der Waals surface area contributed by atoms with E-state index in [1.165, 1.54) is 44.2 Å². The van der Waals surface area contributed by atoms with Crippen LogP contribution >= 0.6 is 0 Å². The maximum atomic E-state index is 12.5. The minimum absolute atomic E-state index is 0.0283. The fourth-order valence-electron chi connectivity index (χ4n) is 5.35. The summed E-state index contributed by atoms with van der Waals surface area (Å²) in [4.78, 5) is 26.8. The summed E-state index contributed by atoms with van der Waals surface area (Å²) in [7, 11) is 0. The van der Waals surface area contributed by atoms with Gasteiger partial charge < -0.3 is 25.8 Å². The number of rotatable bonds is 10. The van der Waals surface area contributed by atoms with E-state index in [0.29, 0.717) is 35.3 Å². The van der Waals surface area contributed by atoms with Crippen molar-refractivity contribution in [1.82, 2.24) is 15.6 Å². The van der Waals surface area contributed by atoms with Crippen LogP contribution < -0.4 is 16.2 Å². The van der Waals surface area contributed by atoms with Gasteiger partial charge in [-0.2, -0.15) is 0 Å². The molecule has 7 heteroatoms. The highest BCUT2D eigenvalue weighted by Gasteiger charge is 2.22. The predicted molar refractivity (Wildman–Crippen MR) is 147 cm³/mol. The number of amides is 1. The van der Waals surface area contributed by atoms with Crippen LogP contribution in [-0.4, -0.2) is 39.7 Å². The Morgan fingerprint density at radius 3 is 2.62 bits per heavy atom. The van der Waals surface area contributed by atoms with Crippen LogP contribution in [0.15, 0.2) is 53.3 Å². The van der Waals surface area contributed by atoms with Crippen LogP contribution in [0.2, 0.25) is 0 Å². The number of phenols is 1. The summed E-state index contributed by atoms with van der Waals surface area (Å²) in [5.41, 5.74) is 2.45. The monoisotopic (exact) mass is 505 g/mol. The molecule has 1 atom stereocenters.